The first-order chi connectivity index (χ1) is 29.9. The van der Waals surface area contributed by atoms with E-state index in [0.29, 0.717) is 48.9 Å². The molecule has 2 saturated heterocycles. The number of Topliss-reactive ketones (excluding diaryl/α,β-unsaturated/α-hetero) is 1. The number of amides is 2. The molecular weight excluding hydrogens is 785 g/mol. The van der Waals surface area contributed by atoms with Gasteiger partial charge in [0.25, 0.3) is 11.8 Å². The maximum atomic E-state index is 13.3. The predicted molar refractivity (Wildman–Crippen MR) is 241 cm³/mol. The lowest BCUT2D eigenvalue weighted by atomic mass is 9.75. The SMILES string of the molecule is CCN(CC(=O)CC[C@@H](C)O)C(=O)c1ccc2c(c1)c1c(n2C)CCC(C2CCOCC2)C1.CCN(CC(=O)O)C(=O)c1ccc2c(c1)c1c(n2C)CCC(C2CCOCC2)C1. The lowest BCUT2D eigenvalue weighted by Crippen LogP contribution is -2.35. The second-order valence-electron chi connectivity index (χ2n) is 18.3. The highest BCUT2D eigenvalue weighted by Crippen LogP contribution is 2.41. The van der Waals surface area contributed by atoms with Crippen LogP contribution in [0.5, 0.6) is 0 Å². The van der Waals surface area contributed by atoms with Crippen molar-refractivity contribution in [2.75, 3.05) is 52.6 Å². The predicted octanol–water partition coefficient (Wildman–Crippen LogP) is 7.16. The number of aliphatic hydroxyl groups is 1. The number of carboxylic acid groups (broad SMARTS) is 1. The van der Waals surface area contributed by atoms with Crippen LogP contribution < -0.4 is 0 Å². The van der Waals surface area contributed by atoms with Gasteiger partial charge in [-0.15, -0.1) is 0 Å². The third kappa shape index (κ3) is 9.98. The van der Waals surface area contributed by atoms with E-state index in [0.717, 1.165) is 101 Å². The fourth-order valence-electron chi connectivity index (χ4n) is 10.9. The van der Waals surface area contributed by atoms with E-state index in [1.165, 1.54) is 51.2 Å². The van der Waals surface area contributed by atoms with Crippen LogP contribution >= 0.6 is 0 Å². The van der Waals surface area contributed by atoms with Crippen molar-refractivity contribution in [2.24, 2.45) is 37.8 Å². The number of nitrogens with zero attached hydrogens (tertiary/aromatic N) is 4. The van der Waals surface area contributed by atoms with Gasteiger partial charge in [-0.1, -0.05) is 0 Å². The quantitative estimate of drug-likeness (QED) is 0.144. The summed E-state index contributed by atoms with van der Waals surface area (Å²) in [6.45, 7) is 9.58. The molecule has 2 aliphatic heterocycles. The van der Waals surface area contributed by atoms with Gasteiger partial charge in [-0.2, -0.15) is 0 Å². The van der Waals surface area contributed by atoms with Gasteiger partial charge in [0.1, 0.15) is 6.54 Å². The minimum absolute atomic E-state index is 0.0106. The molecule has 2 fully saturated rings. The summed E-state index contributed by atoms with van der Waals surface area (Å²) in [5, 5.41) is 20.9. The van der Waals surface area contributed by atoms with Crippen molar-refractivity contribution in [1.29, 1.82) is 0 Å². The zero-order chi connectivity index (χ0) is 44.1. The average molecular weight is 853 g/mol. The van der Waals surface area contributed by atoms with Crippen LogP contribution in [-0.2, 0) is 58.8 Å². The van der Waals surface area contributed by atoms with Crippen LogP contribution in [0.25, 0.3) is 21.8 Å². The molecule has 2 N–H and O–H groups in total. The maximum absolute atomic E-state index is 13.3. The molecule has 2 aromatic carbocycles. The second kappa shape index (κ2) is 20.3. The largest absolute Gasteiger partial charge is 0.480 e. The van der Waals surface area contributed by atoms with E-state index in [9.17, 15) is 24.3 Å². The number of ketones is 1. The third-order valence-corrected chi connectivity index (χ3v) is 14.5. The van der Waals surface area contributed by atoms with Gasteiger partial charge >= 0.3 is 5.97 Å². The summed E-state index contributed by atoms with van der Waals surface area (Å²) in [5.41, 5.74) is 9.11. The highest BCUT2D eigenvalue weighted by Gasteiger charge is 2.33. The molecule has 8 rings (SSSR count). The highest BCUT2D eigenvalue weighted by atomic mass is 16.5. The zero-order valence-electron chi connectivity index (χ0n) is 37.6. The molecule has 2 aliphatic carbocycles. The first-order valence-corrected chi connectivity index (χ1v) is 23.2. The Morgan fingerprint density at radius 2 is 1.11 bits per heavy atom. The molecule has 0 bridgehead atoms. The Hall–Kier alpha value is -4.52. The summed E-state index contributed by atoms with van der Waals surface area (Å²) in [4.78, 5) is 52.6. The number of benzene rings is 2. The van der Waals surface area contributed by atoms with Crippen molar-refractivity contribution in [2.45, 2.75) is 104 Å². The summed E-state index contributed by atoms with van der Waals surface area (Å²) in [6, 6.07) is 11.8. The molecule has 0 radical (unpaired) electrons. The van der Waals surface area contributed by atoms with Crippen LogP contribution in [0.2, 0.25) is 0 Å². The summed E-state index contributed by atoms with van der Waals surface area (Å²) >= 11 is 0. The number of carboxylic acids is 1. The standard InChI is InChI=1S/C27H38N2O4.C23H30N2O4/c1-4-29(17-22(31)8-5-18(2)30)27(32)21-7-10-26-24(16-21)23-15-20(6-9-25(23)28(26)3)19-11-13-33-14-12-19;1-3-25(14-22(26)27)23(28)17-5-7-21-19(13-17)18-12-16(4-6-20(18)24(21)2)15-8-10-29-11-9-15/h7,10,16,18-20,30H,4-6,8-9,11-15,17H2,1-3H3;5,7,13,15-16H,3-4,6,8-12,14H2,1-2H3,(H,26,27)/t18-,20?;/m1./s1. The molecule has 0 spiro atoms. The van der Waals surface area contributed by atoms with Crippen molar-refractivity contribution in [1.82, 2.24) is 18.9 Å². The molecule has 62 heavy (non-hydrogen) atoms. The van der Waals surface area contributed by atoms with Crippen LogP contribution in [0.15, 0.2) is 36.4 Å². The number of hydrogen-bond acceptors (Lipinski definition) is 7. The molecule has 2 amide bonds. The van der Waals surface area contributed by atoms with E-state index >= 15 is 0 Å². The van der Waals surface area contributed by atoms with Crippen molar-refractivity contribution in [3.8, 4) is 0 Å². The maximum Gasteiger partial charge on any atom is 0.323 e. The van der Waals surface area contributed by atoms with Crippen molar-refractivity contribution < 1.29 is 38.9 Å². The number of rotatable bonds is 13. The number of aryl methyl sites for hydroxylation is 2. The molecule has 3 atom stereocenters. The minimum Gasteiger partial charge on any atom is -0.480 e. The van der Waals surface area contributed by atoms with E-state index in [4.69, 9.17) is 14.6 Å². The van der Waals surface area contributed by atoms with Gasteiger partial charge in [-0.3, -0.25) is 19.2 Å². The Morgan fingerprint density at radius 3 is 1.52 bits per heavy atom. The van der Waals surface area contributed by atoms with E-state index in [1.54, 1.807) is 11.8 Å². The van der Waals surface area contributed by atoms with Crippen LogP contribution in [0.4, 0.5) is 0 Å². The third-order valence-electron chi connectivity index (χ3n) is 14.5. The monoisotopic (exact) mass is 853 g/mol. The molecule has 4 aromatic rings. The summed E-state index contributed by atoms with van der Waals surface area (Å²) in [6.07, 6.45) is 11.6. The number of likely N-dealkylation sites (N-methyl/N-ethyl adjacent to an activating group) is 2. The van der Waals surface area contributed by atoms with Crippen LogP contribution in [0.1, 0.15) is 115 Å². The number of aliphatic carboxylic acids is 1. The molecular formula is C50H68N4O8. The van der Waals surface area contributed by atoms with Gasteiger partial charge < -0.3 is 38.6 Å². The van der Waals surface area contributed by atoms with Crippen molar-refractivity contribution in [3.05, 3.63) is 70.0 Å². The lowest BCUT2D eigenvalue weighted by Gasteiger charge is -2.33. The number of carbonyl (C=O) groups excluding carboxylic acids is 3. The molecule has 2 unspecified atom stereocenters. The number of fused-ring (bicyclic) bond motifs is 6. The average Bonchev–Trinajstić information content (AvgIpc) is 3.74. The lowest BCUT2D eigenvalue weighted by molar-refractivity contribution is -0.137. The Labute approximate surface area is 366 Å². The van der Waals surface area contributed by atoms with Crippen LogP contribution in [-0.4, -0.2) is 111 Å². The van der Waals surface area contributed by atoms with E-state index in [2.05, 4.69) is 29.3 Å². The minimum atomic E-state index is -0.988. The van der Waals surface area contributed by atoms with Crippen LogP contribution in [0.3, 0.4) is 0 Å². The summed E-state index contributed by atoms with van der Waals surface area (Å²) in [7, 11) is 4.25. The second-order valence-corrected chi connectivity index (χ2v) is 18.3. The highest BCUT2D eigenvalue weighted by molar-refractivity contribution is 6.01. The number of ether oxygens (including phenoxy) is 2. The topological polar surface area (TPSA) is 144 Å². The van der Waals surface area contributed by atoms with Gasteiger partial charge in [0.05, 0.1) is 12.6 Å². The molecule has 12 nitrogen and oxygen atoms in total. The van der Waals surface area contributed by atoms with Crippen molar-refractivity contribution >= 4 is 45.4 Å². The van der Waals surface area contributed by atoms with E-state index in [1.807, 2.05) is 44.2 Å². The van der Waals surface area contributed by atoms with Gasteiger partial charge in [0.15, 0.2) is 5.78 Å². The van der Waals surface area contributed by atoms with Gasteiger partial charge in [-0.25, -0.2) is 0 Å². The Kier molecular flexibility index (Phi) is 14.9. The molecule has 0 saturated carbocycles. The number of aliphatic hydroxyl groups excluding tert-OH is 1. The zero-order valence-corrected chi connectivity index (χ0v) is 37.6. The Balaban J connectivity index is 0.000000188. The molecule has 4 heterocycles. The van der Waals surface area contributed by atoms with Crippen molar-refractivity contribution in [3.63, 3.8) is 0 Å². The molecule has 2 aromatic heterocycles. The number of hydrogen-bond donors (Lipinski definition) is 2. The normalized spacial score (nSPS) is 19.9. The van der Waals surface area contributed by atoms with Crippen LogP contribution in [0, 0.1) is 23.7 Å². The van der Waals surface area contributed by atoms with E-state index < -0.39 is 12.1 Å². The van der Waals surface area contributed by atoms with Gasteiger partial charge in [-0.05, 0) is 163 Å². The molecule has 336 valence electrons. The first-order valence-electron chi connectivity index (χ1n) is 23.2. The molecule has 4 aliphatic rings. The smallest absolute Gasteiger partial charge is 0.323 e. The number of aromatic nitrogens is 2. The van der Waals surface area contributed by atoms with Gasteiger partial charge in [0.2, 0.25) is 0 Å². The molecule has 12 heteroatoms. The number of carbonyl (C=O) groups is 4. The fraction of sp³-hybridized carbons (Fsp3) is 0.600. The summed E-state index contributed by atoms with van der Waals surface area (Å²) in [5.74, 6) is 1.51. The first kappa shape index (κ1) is 45.5. The van der Waals surface area contributed by atoms with E-state index in [-0.39, 0.29) is 30.7 Å². The van der Waals surface area contributed by atoms with Gasteiger partial charge in [0, 0.05) is 104 Å². The Bertz CT molecular complexity index is 2240. The fourth-order valence-corrected chi connectivity index (χ4v) is 10.9. The Morgan fingerprint density at radius 1 is 0.677 bits per heavy atom. The summed E-state index contributed by atoms with van der Waals surface area (Å²) < 4.78 is 15.7.